The molecule has 7 heteroatoms. The summed E-state index contributed by atoms with van der Waals surface area (Å²) in [5.74, 6) is -0.140. The number of halogens is 4. The van der Waals surface area contributed by atoms with E-state index in [0.29, 0.717) is 24.9 Å². The van der Waals surface area contributed by atoms with E-state index in [-0.39, 0.29) is 29.6 Å². The van der Waals surface area contributed by atoms with Crippen molar-refractivity contribution in [2.24, 2.45) is 0 Å². The second kappa shape index (κ2) is 8.21. The first-order chi connectivity index (χ1) is 11.8. The molecule has 0 spiro atoms. The lowest BCUT2D eigenvalue weighted by molar-refractivity contribution is -0.137. The minimum absolute atomic E-state index is 0.0242. The Morgan fingerprint density at radius 2 is 2.08 bits per heavy atom. The molecule has 1 aromatic rings. The number of carbonyl (C=O) groups is 2. The lowest BCUT2D eigenvalue weighted by Crippen LogP contribution is -2.39. The SMILES string of the molecule is CCCCN1C(=O)CC[C@H]1C(=O)CCc1cccc(C(F)(F)F)c1Cl. The molecule has 0 aliphatic carbocycles. The molecule has 1 saturated heterocycles. The summed E-state index contributed by atoms with van der Waals surface area (Å²) in [4.78, 5) is 26.0. The van der Waals surface area contributed by atoms with Crippen molar-refractivity contribution in [1.29, 1.82) is 0 Å². The third kappa shape index (κ3) is 4.75. The van der Waals surface area contributed by atoms with Gasteiger partial charge in [0, 0.05) is 19.4 Å². The van der Waals surface area contributed by atoms with E-state index in [2.05, 4.69) is 0 Å². The summed E-state index contributed by atoms with van der Waals surface area (Å²) in [7, 11) is 0. The highest BCUT2D eigenvalue weighted by molar-refractivity contribution is 6.32. The fourth-order valence-corrected chi connectivity index (χ4v) is 3.42. The van der Waals surface area contributed by atoms with Gasteiger partial charge in [0.15, 0.2) is 5.78 Å². The van der Waals surface area contributed by atoms with Crippen LogP contribution in [0.15, 0.2) is 18.2 Å². The van der Waals surface area contributed by atoms with Gasteiger partial charge in [0.1, 0.15) is 0 Å². The monoisotopic (exact) mass is 375 g/mol. The number of amides is 1. The molecular formula is C18H21ClF3NO2. The minimum Gasteiger partial charge on any atom is -0.333 e. The number of aryl methyl sites for hydroxylation is 1. The maximum absolute atomic E-state index is 12.9. The molecule has 0 saturated carbocycles. The standard InChI is InChI=1S/C18H21ClF3NO2/c1-2-3-11-23-14(8-10-16(23)25)15(24)9-7-12-5-4-6-13(17(12)19)18(20,21)22/h4-6,14H,2-3,7-11H2,1H3/t14-/m0/s1. The number of Topliss-reactive ketones (excluding diaryl/α,β-unsaturated/α-hetero) is 1. The van der Waals surface area contributed by atoms with Crippen molar-refractivity contribution >= 4 is 23.3 Å². The number of hydrogen-bond donors (Lipinski definition) is 0. The molecule has 1 atom stereocenters. The summed E-state index contributed by atoms with van der Waals surface area (Å²) in [5.41, 5.74) is -0.589. The van der Waals surface area contributed by atoms with E-state index in [1.807, 2.05) is 6.92 Å². The number of likely N-dealkylation sites (tertiary alicyclic amines) is 1. The van der Waals surface area contributed by atoms with Gasteiger partial charge in [-0.15, -0.1) is 0 Å². The van der Waals surface area contributed by atoms with E-state index in [4.69, 9.17) is 11.6 Å². The number of carbonyl (C=O) groups excluding carboxylic acids is 2. The Kier molecular flexibility index (Phi) is 6.49. The van der Waals surface area contributed by atoms with Crippen LogP contribution in [0, 0.1) is 0 Å². The first kappa shape index (κ1) is 19.8. The van der Waals surface area contributed by atoms with Gasteiger partial charge in [-0.05, 0) is 30.9 Å². The predicted molar refractivity (Wildman–Crippen MR) is 89.4 cm³/mol. The topological polar surface area (TPSA) is 37.4 Å². The van der Waals surface area contributed by atoms with Crippen LogP contribution in [-0.4, -0.2) is 29.2 Å². The first-order valence-electron chi connectivity index (χ1n) is 8.42. The molecule has 1 aromatic carbocycles. The fourth-order valence-electron chi connectivity index (χ4n) is 3.09. The van der Waals surface area contributed by atoms with Crippen LogP contribution >= 0.6 is 11.6 Å². The van der Waals surface area contributed by atoms with E-state index < -0.39 is 17.8 Å². The molecule has 1 aliphatic heterocycles. The largest absolute Gasteiger partial charge is 0.417 e. The number of alkyl halides is 3. The maximum Gasteiger partial charge on any atom is 0.417 e. The van der Waals surface area contributed by atoms with Gasteiger partial charge in [-0.3, -0.25) is 9.59 Å². The maximum atomic E-state index is 12.9. The van der Waals surface area contributed by atoms with Crippen molar-refractivity contribution < 1.29 is 22.8 Å². The van der Waals surface area contributed by atoms with E-state index in [9.17, 15) is 22.8 Å². The number of ketones is 1. The molecule has 1 aliphatic rings. The number of unbranched alkanes of at least 4 members (excludes halogenated alkanes) is 1. The average Bonchev–Trinajstić information content (AvgIpc) is 2.91. The fraction of sp³-hybridized carbons (Fsp3) is 0.556. The van der Waals surface area contributed by atoms with E-state index in [1.54, 1.807) is 4.90 Å². The molecule has 1 amide bonds. The van der Waals surface area contributed by atoms with E-state index in [0.717, 1.165) is 18.9 Å². The Labute approximate surface area is 150 Å². The number of rotatable bonds is 7. The van der Waals surface area contributed by atoms with Crippen molar-refractivity contribution in [1.82, 2.24) is 4.90 Å². The zero-order valence-electron chi connectivity index (χ0n) is 14.0. The second-order valence-corrected chi connectivity index (χ2v) is 6.62. The molecule has 138 valence electrons. The lowest BCUT2D eigenvalue weighted by atomic mass is 10.00. The van der Waals surface area contributed by atoms with Gasteiger partial charge in [0.05, 0.1) is 16.6 Å². The summed E-state index contributed by atoms with van der Waals surface area (Å²) in [6.07, 6.45) is -1.73. The quantitative estimate of drug-likeness (QED) is 0.695. The molecule has 1 fully saturated rings. The number of hydrogen-bond acceptors (Lipinski definition) is 2. The summed E-state index contributed by atoms with van der Waals surface area (Å²) in [6, 6.07) is 3.26. The third-order valence-electron chi connectivity index (χ3n) is 4.48. The normalized spacial score (nSPS) is 18.0. The van der Waals surface area contributed by atoms with Gasteiger partial charge in [-0.2, -0.15) is 13.2 Å². The van der Waals surface area contributed by atoms with Crippen molar-refractivity contribution in [3.63, 3.8) is 0 Å². The molecule has 25 heavy (non-hydrogen) atoms. The molecule has 0 bridgehead atoms. The zero-order chi connectivity index (χ0) is 18.6. The highest BCUT2D eigenvalue weighted by atomic mass is 35.5. The lowest BCUT2D eigenvalue weighted by Gasteiger charge is -2.23. The number of benzene rings is 1. The van der Waals surface area contributed by atoms with Crippen LogP contribution < -0.4 is 0 Å². The van der Waals surface area contributed by atoms with Gasteiger partial charge in [-0.1, -0.05) is 37.1 Å². The van der Waals surface area contributed by atoms with Crippen LogP contribution in [0.1, 0.15) is 50.2 Å². The predicted octanol–water partition coefficient (Wildman–Crippen LogP) is 4.65. The molecule has 2 rings (SSSR count). The van der Waals surface area contributed by atoms with Gasteiger partial charge in [-0.25, -0.2) is 0 Å². The molecule has 3 nitrogen and oxygen atoms in total. The van der Waals surface area contributed by atoms with E-state index in [1.165, 1.54) is 12.1 Å². The third-order valence-corrected chi connectivity index (χ3v) is 4.92. The minimum atomic E-state index is -4.52. The Hall–Kier alpha value is -1.56. The first-order valence-corrected chi connectivity index (χ1v) is 8.80. The highest BCUT2D eigenvalue weighted by Gasteiger charge is 2.36. The van der Waals surface area contributed by atoms with Crippen molar-refractivity contribution in [2.75, 3.05) is 6.54 Å². The van der Waals surface area contributed by atoms with Crippen LogP contribution in [0.4, 0.5) is 13.2 Å². The summed E-state index contributed by atoms with van der Waals surface area (Å²) >= 11 is 5.86. The van der Waals surface area contributed by atoms with Gasteiger partial charge < -0.3 is 4.90 Å². The van der Waals surface area contributed by atoms with Crippen LogP contribution in [-0.2, 0) is 22.2 Å². The Bertz CT molecular complexity index is 646. The molecule has 0 aromatic heterocycles. The second-order valence-electron chi connectivity index (χ2n) is 6.24. The summed E-state index contributed by atoms with van der Waals surface area (Å²) in [6.45, 7) is 2.56. The summed E-state index contributed by atoms with van der Waals surface area (Å²) in [5, 5.41) is -0.354. The van der Waals surface area contributed by atoms with Gasteiger partial charge >= 0.3 is 6.18 Å². The molecule has 0 N–H and O–H groups in total. The smallest absolute Gasteiger partial charge is 0.333 e. The van der Waals surface area contributed by atoms with Gasteiger partial charge in [0.2, 0.25) is 5.91 Å². The molecule has 1 heterocycles. The number of nitrogens with zero attached hydrogens (tertiary/aromatic N) is 1. The molecule has 0 radical (unpaired) electrons. The summed E-state index contributed by atoms with van der Waals surface area (Å²) < 4.78 is 38.7. The van der Waals surface area contributed by atoms with Crippen molar-refractivity contribution in [3.8, 4) is 0 Å². The molecule has 0 unspecified atom stereocenters. The van der Waals surface area contributed by atoms with Crippen molar-refractivity contribution in [3.05, 3.63) is 34.3 Å². The Morgan fingerprint density at radius 3 is 2.72 bits per heavy atom. The van der Waals surface area contributed by atoms with Crippen molar-refractivity contribution in [2.45, 2.75) is 57.7 Å². The van der Waals surface area contributed by atoms with Gasteiger partial charge in [0.25, 0.3) is 0 Å². The van der Waals surface area contributed by atoms with Crippen LogP contribution in [0.2, 0.25) is 5.02 Å². The van der Waals surface area contributed by atoms with Crippen LogP contribution in [0.5, 0.6) is 0 Å². The van der Waals surface area contributed by atoms with E-state index >= 15 is 0 Å². The Balaban J connectivity index is 2.04. The highest BCUT2D eigenvalue weighted by Crippen LogP contribution is 2.36. The molecular weight excluding hydrogens is 355 g/mol. The van der Waals surface area contributed by atoms with Crippen LogP contribution in [0.3, 0.4) is 0 Å². The Morgan fingerprint density at radius 1 is 1.36 bits per heavy atom. The zero-order valence-corrected chi connectivity index (χ0v) is 14.8. The average molecular weight is 376 g/mol. The van der Waals surface area contributed by atoms with Crippen LogP contribution in [0.25, 0.3) is 0 Å².